The average molecular weight is 328 g/mol. The number of benzene rings is 3. The lowest BCUT2D eigenvalue weighted by Gasteiger charge is -2.04. The van der Waals surface area contributed by atoms with Gasteiger partial charge >= 0.3 is 0 Å². The van der Waals surface area contributed by atoms with E-state index in [1.807, 2.05) is 56.3 Å². The maximum absolute atomic E-state index is 11.5. The van der Waals surface area contributed by atoms with E-state index < -0.39 is 0 Å². The van der Waals surface area contributed by atoms with Gasteiger partial charge in [-0.25, -0.2) is 4.99 Å². The number of nitro groups is 1. The van der Waals surface area contributed by atoms with Crippen LogP contribution in [0.15, 0.2) is 65.7 Å². The number of hydrogen-bond acceptors (Lipinski definition) is 3. The highest BCUT2D eigenvalue weighted by molar-refractivity contribution is 6.26. The summed E-state index contributed by atoms with van der Waals surface area (Å²) in [5.74, 6) is 0. The lowest BCUT2D eigenvalue weighted by atomic mass is 10.0. The molecule has 0 heterocycles. The highest BCUT2D eigenvalue weighted by atomic mass is 16.6. The summed E-state index contributed by atoms with van der Waals surface area (Å²) in [7, 11) is 0. The lowest BCUT2D eigenvalue weighted by Crippen LogP contribution is -1.98. The Bertz CT molecular complexity index is 1030. The van der Waals surface area contributed by atoms with Gasteiger partial charge in [0.05, 0.1) is 21.9 Å². The first-order chi connectivity index (χ1) is 12.0. The second-order valence-corrected chi connectivity index (χ2v) is 6.31. The molecular weight excluding hydrogens is 312 g/mol. The van der Waals surface area contributed by atoms with Crippen LogP contribution in [0.1, 0.15) is 22.3 Å². The van der Waals surface area contributed by atoms with Crippen LogP contribution in [0.4, 0.5) is 11.4 Å². The van der Waals surface area contributed by atoms with E-state index >= 15 is 0 Å². The minimum Gasteiger partial charge on any atom is -0.258 e. The van der Waals surface area contributed by atoms with Gasteiger partial charge in [-0.15, -0.1) is 0 Å². The minimum atomic E-state index is -0.324. The first-order valence-corrected chi connectivity index (χ1v) is 8.09. The van der Waals surface area contributed by atoms with E-state index in [9.17, 15) is 10.1 Å². The molecule has 0 saturated carbocycles. The van der Waals surface area contributed by atoms with E-state index in [0.717, 1.165) is 39.2 Å². The molecule has 0 N–H and O–H groups in total. The predicted molar refractivity (Wildman–Crippen MR) is 99.7 cm³/mol. The Morgan fingerprint density at radius 1 is 0.840 bits per heavy atom. The third kappa shape index (κ3) is 2.52. The SMILES string of the molecule is Cc1cc(C)cc(N=C2c3ccccc3-c3c2cccc3[N+](=O)[O-])c1. The molecule has 0 aliphatic heterocycles. The Hall–Kier alpha value is -3.27. The number of nitro benzene ring substituents is 1. The molecule has 122 valence electrons. The van der Waals surface area contributed by atoms with Gasteiger partial charge in [0, 0.05) is 17.2 Å². The standard InChI is InChI=1S/C21H16N2O2/c1-13-10-14(2)12-15(11-13)22-21-17-7-4-3-6-16(17)20-18(21)8-5-9-19(20)23(24)25/h3-12H,1-2H3. The fourth-order valence-electron chi connectivity index (χ4n) is 3.49. The third-order valence-corrected chi connectivity index (χ3v) is 4.39. The van der Waals surface area contributed by atoms with Gasteiger partial charge in [-0.1, -0.05) is 42.5 Å². The van der Waals surface area contributed by atoms with Crippen LogP contribution < -0.4 is 0 Å². The molecule has 0 radical (unpaired) electrons. The molecule has 4 heteroatoms. The van der Waals surface area contributed by atoms with Crippen LogP contribution in [0.25, 0.3) is 11.1 Å². The van der Waals surface area contributed by atoms with Gasteiger partial charge in [0.25, 0.3) is 5.69 Å². The van der Waals surface area contributed by atoms with Crippen molar-refractivity contribution in [3.63, 3.8) is 0 Å². The Morgan fingerprint density at radius 2 is 1.48 bits per heavy atom. The van der Waals surface area contributed by atoms with E-state index in [-0.39, 0.29) is 10.6 Å². The van der Waals surface area contributed by atoms with Crippen molar-refractivity contribution in [2.75, 3.05) is 0 Å². The molecule has 0 bridgehead atoms. The first-order valence-electron chi connectivity index (χ1n) is 8.09. The van der Waals surface area contributed by atoms with Gasteiger partial charge in [-0.2, -0.15) is 0 Å². The summed E-state index contributed by atoms with van der Waals surface area (Å²) in [5, 5.41) is 11.5. The van der Waals surface area contributed by atoms with E-state index in [4.69, 9.17) is 4.99 Å². The number of aryl methyl sites for hydroxylation is 2. The summed E-state index contributed by atoms with van der Waals surface area (Å²) in [6.45, 7) is 4.08. The molecule has 1 aliphatic rings. The van der Waals surface area contributed by atoms with Crippen LogP contribution in [-0.4, -0.2) is 10.6 Å². The third-order valence-electron chi connectivity index (χ3n) is 4.39. The van der Waals surface area contributed by atoms with Crippen molar-refractivity contribution in [1.82, 2.24) is 0 Å². The van der Waals surface area contributed by atoms with Crippen molar-refractivity contribution in [3.8, 4) is 11.1 Å². The van der Waals surface area contributed by atoms with Crippen molar-refractivity contribution in [1.29, 1.82) is 0 Å². The van der Waals surface area contributed by atoms with Crippen LogP contribution in [0.5, 0.6) is 0 Å². The van der Waals surface area contributed by atoms with Crippen LogP contribution in [0.2, 0.25) is 0 Å². The summed E-state index contributed by atoms with van der Waals surface area (Å²) in [4.78, 5) is 16.0. The van der Waals surface area contributed by atoms with E-state index in [0.29, 0.717) is 5.56 Å². The monoisotopic (exact) mass is 328 g/mol. The number of fused-ring (bicyclic) bond motifs is 3. The maximum atomic E-state index is 11.5. The van der Waals surface area contributed by atoms with Gasteiger partial charge in [0.2, 0.25) is 0 Å². The molecular formula is C21H16N2O2. The Kier molecular flexibility index (Phi) is 3.46. The van der Waals surface area contributed by atoms with Crippen LogP contribution >= 0.6 is 0 Å². The normalized spacial score (nSPS) is 13.6. The molecule has 0 saturated heterocycles. The molecule has 4 nitrogen and oxygen atoms in total. The maximum Gasteiger partial charge on any atom is 0.277 e. The van der Waals surface area contributed by atoms with Gasteiger partial charge in [-0.3, -0.25) is 10.1 Å². The molecule has 4 rings (SSSR count). The van der Waals surface area contributed by atoms with Crippen LogP contribution in [0.3, 0.4) is 0 Å². The topological polar surface area (TPSA) is 55.5 Å². The summed E-state index contributed by atoms with van der Waals surface area (Å²) in [6.07, 6.45) is 0. The molecule has 0 amide bonds. The fraction of sp³-hybridized carbons (Fsp3) is 0.0952. The Balaban J connectivity index is 2.01. The molecule has 3 aromatic rings. The Labute approximate surface area is 145 Å². The first kappa shape index (κ1) is 15.3. The summed E-state index contributed by atoms with van der Waals surface area (Å²) < 4.78 is 0. The molecule has 0 atom stereocenters. The van der Waals surface area contributed by atoms with Crippen molar-refractivity contribution in [2.45, 2.75) is 13.8 Å². The molecule has 0 aromatic heterocycles. The lowest BCUT2D eigenvalue weighted by molar-refractivity contribution is -0.384. The van der Waals surface area contributed by atoms with Crippen molar-refractivity contribution >= 4 is 17.1 Å². The number of nitrogens with zero attached hydrogens (tertiary/aromatic N) is 2. The number of aliphatic imine (C=N–C) groups is 1. The van der Waals surface area contributed by atoms with Gasteiger partial charge in [0.1, 0.15) is 0 Å². The molecule has 1 aliphatic carbocycles. The van der Waals surface area contributed by atoms with Crippen LogP contribution in [0, 0.1) is 24.0 Å². The van der Waals surface area contributed by atoms with Gasteiger partial charge in [-0.05, 0) is 42.7 Å². The largest absolute Gasteiger partial charge is 0.277 e. The quantitative estimate of drug-likeness (QED) is 0.367. The van der Waals surface area contributed by atoms with Gasteiger partial charge < -0.3 is 0 Å². The zero-order valence-electron chi connectivity index (χ0n) is 14.0. The molecule has 0 unspecified atom stereocenters. The average Bonchev–Trinajstić information content (AvgIpc) is 2.88. The van der Waals surface area contributed by atoms with Gasteiger partial charge in [0.15, 0.2) is 0 Å². The number of rotatable bonds is 2. The highest BCUT2D eigenvalue weighted by Gasteiger charge is 2.31. The molecule has 0 fully saturated rings. The second kappa shape index (κ2) is 5.67. The fourth-order valence-corrected chi connectivity index (χ4v) is 3.49. The Morgan fingerprint density at radius 3 is 2.16 bits per heavy atom. The van der Waals surface area contributed by atoms with E-state index in [1.54, 1.807) is 12.1 Å². The summed E-state index contributed by atoms with van der Waals surface area (Å²) in [5.41, 5.74) is 7.34. The molecule has 0 spiro atoms. The number of hydrogen-bond donors (Lipinski definition) is 0. The van der Waals surface area contributed by atoms with E-state index in [2.05, 4.69) is 6.07 Å². The van der Waals surface area contributed by atoms with Crippen molar-refractivity contribution in [2.24, 2.45) is 4.99 Å². The minimum absolute atomic E-state index is 0.121. The summed E-state index contributed by atoms with van der Waals surface area (Å²) >= 11 is 0. The van der Waals surface area contributed by atoms with E-state index in [1.165, 1.54) is 0 Å². The predicted octanol–water partition coefficient (Wildman–Crippen LogP) is 5.36. The zero-order chi connectivity index (χ0) is 17.6. The molecule has 3 aromatic carbocycles. The van der Waals surface area contributed by atoms with Crippen LogP contribution in [-0.2, 0) is 0 Å². The van der Waals surface area contributed by atoms with Crippen molar-refractivity contribution < 1.29 is 4.92 Å². The second-order valence-electron chi connectivity index (χ2n) is 6.31. The summed E-state index contributed by atoms with van der Waals surface area (Å²) in [6, 6.07) is 19.1. The smallest absolute Gasteiger partial charge is 0.258 e. The van der Waals surface area contributed by atoms with Crippen molar-refractivity contribution in [3.05, 3.63) is 93.0 Å². The highest BCUT2D eigenvalue weighted by Crippen LogP contribution is 2.43. The molecule has 25 heavy (non-hydrogen) atoms. The zero-order valence-corrected chi connectivity index (χ0v) is 14.0.